The molecule has 1 amide bonds. The van der Waals surface area contributed by atoms with Crippen molar-refractivity contribution in [3.8, 4) is 5.75 Å². The van der Waals surface area contributed by atoms with Crippen molar-refractivity contribution in [2.45, 2.75) is 38.3 Å². The molecular formula is C15H19BrN2O2. The molecule has 2 aliphatic rings. The van der Waals surface area contributed by atoms with Crippen LogP contribution in [0.3, 0.4) is 0 Å². The van der Waals surface area contributed by atoms with E-state index < -0.39 is 0 Å². The number of methoxy groups -OCH3 is 1. The molecule has 1 fully saturated rings. The molecule has 1 aromatic rings. The van der Waals surface area contributed by atoms with Gasteiger partial charge in [0, 0.05) is 7.05 Å². The Kier molecular flexibility index (Phi) is 3.20. The maximum Gasteiger partial charge on any atom is 0.255 e. The topological polar surface area (TPSA) is 41.6 Å². The second-order valence-electron chi connectivity index (χ2n) is 5.68. The van der Waals surface area contributed by atoms with Crippen LogP contribution in [0.2, 0.25) is 0 Å². The number of hydrogen-bond acceptors (Lipinski definition) is 3. The van der Waals surface area contributed by atoms with Gasteiger partial charge in [0.15, 0.2) is 5.75 Å². The highest BCUT2D eigenvalue weighted by Crippen LogP contribution is 2.47. The fraction of sp³-hybridized carbons (Fsp3) is 0.533. The van der Waals surface area contributed by atoms with E-state index in [0.29, 0.717) is 0 Å². The van der Waals surface area contributed by atoms with Gasteiger partial charge in [-0.15, -0.1) is 0 Å². The lowest BCUT2D eigenvalue weighted by atomic mass is 9.95. The third-order valence-corrected chi connectivity index (χ3v) is 5.18. The highest BCUT2D eigenvalue weighted by Gasteiger charge is 2.46. The molecule has 1 N–H and O–H groups in total. The van der Waals surface area contributed by atoms with E-state index in [9.17, 15) is 4.79 Å². The minimum Gasteiger partial charge on any atom is -0.493 e. The Morgan fingerprint density at radius 3 is 2.65 bits per heavy atom. The quantitative estimate of drug-likeness (QED) is 0.854. The number of amides is 1. The van der Waals surface area contributed by atoms with Gasteiger partial charge < -0.3 is 15.0 Å². The molecule has 1 heterocycles. The van der Waals surface area contributed by atoms with Gasteiger partial charge in [-0.2, -0.15) is 0 Å². The molecule has 0 radical (unpaired) electrons. The predicted octanol–water partition coefficient (Wildman–Crippen LogP) is 3.22. The minimum absolute atomic E-state index is 0.0169. The van der Waals surface area contributed by atoms with Gasteiger partial charge in [-0.1, -0.05) is 0 Å². The molecule has 0 unspecified atom stereocenters. The first-order chi connectivity index (χ1) is 9.50. The number of nitrogens with one attached hydrogen (secondary N) is 1. The number of benzene rings is 1. The standard InChI is InChI=1S/C15H19BrN2O2/c1-9-8-10(16)13(20-3)12-11(9)14(19)17-15(18(12)2)6-4-5-7-15/h8H,4-7H2,1-3H3,(H,17,19). The van der Waals surface area contributed by atoms with E-state index in [-0.39, 0.29) is 11.6 Å². The monoisotopic (exact) mass is 338 g/mol. The first-order valence-electron chi connectivity index (χ1n) is 6.93. The number of fused-ring (bicyclic) bond motifs is 1. The molecule has 0 aromatic heterocycles. The SMILES string of the molecule is COc1c(Br)cc(C)c2c1N(C)C1(CCCC1)NC2=O. The summed E-state index contributed by atoms with van der Waals surface area (Å²) in [6, 6.07) is 1.94. The fourth-order valence-corrected chi connectivity index (χ4v) is 4.23. The van der Waals surface area contributed by atoms with E-state index in [4.69, 9.17) is 4.74 Å². The fourth-order valence-electron chi connectivity index (χ4n) is 3.53. The smallest absolute Gasteiger partial charge is 0.255 e. The van der Waals surface area contributed by atoms with Crippen molar-refractivity contribution in [3.63, 3.8) is 0 Å². The van der Waals surface area contributed by atoms with Crippen molar-refractivity contribution in [3.05, 3.63) is 21.7 Å². The minimum atomic E-state index is -0.245. The van der Waals surface area contributed by atoms with Gasteiger partial charge in [0.2, 0.25) is 0 Å². The van der Waals surface area contributed by atoms with E-state index in [1.54, 1.807) is 7.11 Å². The van der Waals surface area contributed by atoms with E-state index >= 15 is 0 Å². The van der Waals surface area contributed by atoms with Gasteiger partial charge in [-0.25, -0.2) is 0 Å². The molecule has 20 heavy (non-hydrogen) atoms. The molecule has 1 spiro atoms. The predicted molar refractivity (Wildman–Crippen MR) is 82.5 cm³/mol. The summed E-state index contributed by atoms with van der Waals surface area (Å²) >= 11 is 3.55. The summed E-state index contributed by atoms with van der Waals surface area (Å²) in [5.74, 6) is 0.762. The number of hydrogen-bond donors (Lipinski definition) is 1. The Morgan fingerprint density at radius 2 is 2.05 bits per heavy atom. The molecule has 1 aliphatic carbocycles. The van der Waals surface area contributed by atoms with Crippen LogP contribution in [-0.2, 0) is 0 Å². The molecule has 0 atom stereocenters. The Balaban J connectivity index is 2.25. The van der Waals surface area contributed by atoms with Crippen LogP contribution in [0.15, 0.2) is 10.5 Å². The van der Waals surface area contributed by atoms with Crippen LogP contribution < -0.4 is 15.0 Å². The van der Waals surface area contributed by atoms with Crippen LogP contribution in [0.4, 0.5) is 5.69 Å². The van der Waals surface area contributed by atoms with Crippen LogP contribution in [0, 0.1) is 6.92 Å². The number of anilines is 1. The number of ether oxygens (including phenoxy) is 1. The van der Waals surface area contributed by atoms with Crippen molar-refractivity contribution in [2.24, 2.45) is 0 Å². The van der Waals surface area contributed by atoms with E-state index in [0.717, 1.165) is 52.7 Å². The molecular weight excluding hydrogens is 320 g/mol. The average Bonchev–Trinajstić information content (AvgIpc) is 2.84. The van der Waals surface area contributed by atoms with Crippen molar-refractivity contribution in [2.75, 3.05) is 19.1 Å². The Morgan fingerprint density at radius 1 is 1.40 bits per heavy atom. The zero-order valence-electron chi connectivity index (χ0n) is 12.0. The lowest BCUT2D eigenvalue weighted by Crippen LogP contribution is -2.61. The number of rotatable bonds is 1. The number of carbonyl (C=O) groups is 1. The van der Waals surface area contributed by atoms with E-state index in [1.807, 2.05) is 13.0 Å². The first-order valence-corrected chi connectivity index (χ1v) is 7.73. The second kappa shape index (κ2) is 4.65. The molecule has 3 rings (SSSR count). The van der Waals surface area contributed by atoms with Crippen LogP contribution in [0.5, 0.6) is 5.75 Å². The molecule has 108 valence electrons. The molecule has 5 heteroatoms. The average molecular weight is 339 g/mol. The molecule has 0 saturated heterocycles. The summed E-state index contributed by atoms with van der Waals surface area (Å²) in [6.45, 7) is 1.96. The Bertz CT molecular complexity index is 580. The largest absolute Gasteiger partial charge is 0.493 e. The summed E-state index contributed by atoms with van der Waals surface area (Å²) in [5, 5.41) is 3.23. The van der Waals surface area contributed by atoms with Crippen LogP contribution in [-0.4, -0.2) is 25.7 Å². The summed E-state index contributed by atoms with van der Waals surface area (Å²) < 4.78 is 6.45. The maximum atomic E-state index is 12.6. The van der Waals surface area contributed by atoms with Crippen molar-refractivity contribution in [1.29, 1.82) is 0 Å². The molecule has 1 aliphatic heterocycles. The van der Waals surface area contributed by atoms with Crippen molar-refractivity contribution < 1.29 is 9.53 Å². The number of carbonyl (C=O) groups excluding carboxylic acids is 1. The first kappa shape index (κ1) is 13.7. The number of nitrogens with zero attached hydrogens (tertiary/aromatic N) is 1. The maximum absolute atomic E-state index is 12.6. The van der Waals surface area contributed by atoms with Crippen LogP contribution in [0.1, 0.15) is 41.6 Å². The third kappa shape index (κ3) is 1.75. The number of aryl methyl sites for hydroxylation is 1. The van der Waals surface area contributed by atoms with Gasteiger partial charge in [0.05, 0.1) is 22.8 Å². The van der Waals surface area contributed by atoms with Crippen molar-refractivity contribution >= 4 is 27.5 Å². The lowest BCUT2D eigenvalue weighted by molar-refractivity contribution is 0.0883. The van der Waals surface area contributed by atoms with E-state index in [2.05, 4.69) is 33.2 Å². The summed E-state index contributed by atoms with van der Waals surface area (Å²) in [7, 11) is 3.70. The molecule has 1 aromatic carbocycles. The number of halogens is 1. The van der Waals surface area contributed by atoms with Gasteiger partial charge in [0.25, 0.3) is 5.91 Å². The zero-order valence-corrected chi connectivity index (χ0v) is 13.6. The van der Waals surface area contributed by atoms with Gasteiger partial charge in [-0.3, -0.25) is 4.79 Å². The van der Waals surface area contributed by atoms with Crippen molar-refractivity contribution in [1.82, 2.24) is 5.32 Å². The molecule has 0 bridgehead atoms. The Labute approximate surface area is 127 Å². The summed E-state index contributed by atoms with van der Waals surface area (Å²) in [4.78, 5) is 14.8. The normalized spacial score (nSPS) is 20.0. The Hall–Kier alpha value is -1.23. The second-order valence-corrected chi connectivity index (χ2v) is 6.54. The van der Waals surface area contributed by atoms with Crippen LogP contribution >= 0.6 is 15.9 Å². The lowest BCUT2D eigenvalue weighted by Gasteiger charge is -2.46. The van der Waals surface area contributed by atoms with Gasteiger partial charge in [0.1, 0.15) is 5.66 Å². The zero-order chi connectivity index (χ0) is 14.5. The van der Waals surface area contributed by atoms with Crippen LogP contribution in [0.25, 0.3) is 0 Å². The molecule has 1 saturated carbocycles. The highest BCUT2D eigenvalue weighted by molar-refractivity contribution is 9.10. The summed E-state index contributed by atoms with van der Waals surface area (Å²) in [6.07, 6.45) is 4.28. The molecule has 4 nitrogen and oxygen atoms in total. The summed E-state index contributed by atoms with van der Waals surface area (Å²) in [5.41, 5.74) is 2.35. The highest BCUT2D eigenvalue weighted by atomic mass is 79.9. The van der Waals surface area contributed by atoms with E-state index in [1.165, 1.54) is 0 Å². The van der Waals surface area contributed by atoms with Gasteiger partial charge in [-0.05, 0) is 60.2 Å². The third-order valence-electron chi connectivity index (χ3n) is 4.59. The van der Waals surface area contributed by atoms with Gasteiger partial charge >= 0.3 is 0 Å².